The number of rotatable bonds is 3. The summed E-state index contributed by atoms with van der Waals surface area (Å²) in [5, 5.41) is 1.94. The topological polar surface area (TPSA) is 17.1 Å². The molecule has 0 bridgehead atoms. The Hall–Kier alpha value is -0.930. The first-order chi connectivity index (χ1) is 8.06. The molecule has 0 aliphatic rings. The maximum atomic E-state index is 12.0. The summed E-state index contributed by atoms with van der Waals surface area (Å²) in [4.78, 5) is 12.8. The third-order valence-corrected chi connectivity index (χ3v) is 4.51. The van der Waals surface area contributed by atoms with Crippen molar-refractivity contribution in [2.75, 3.05) is 0 Å². The van der Waals surface area contributed by atoms with Crippen LogP contribution in [0.2, 0.25) is 0 Å². The lowest BCUT2D eigenvalue weighted by Gasteiger charge is -2.03. The van der Waals surface area contributed by atoms with Gasteiger partial charge in [-0.1, -0.05) is 18.2 Å². The number of benzene rings is 1. The maximum absolute atomic E-state index is 12.0. The minimum absolute atomic E-state index is 0.184. The van der Waals surface area contributed by atoms with Crippen molar-refractivity contribution >= 4 is 33.0 Å². The Kier molecular flexibility index (Phi) is 3.79. The van der Waals surface area contributed by atoms with Gasteiger partial charge in [0.1, 0.15) is 0 Å². The van der Waals surface area contributed by atoms with Gasteiger partial charge in [-0.25, -0.2) is 0 Å². The monoisotopic (exact) mass is 308 g/mol. The van der Waals surface area contributed by atoms with Crippen molar-refractivity contribution < 1.29 is 4.79 Å². The van der Waals surface area contributed by atoms with Crippen LogP contribution < -0.4 is 0 Å². The minimum Gasteiger partial charge on any atom is -0.293 e. The first-order valence-electron chi connectivity index (χ1n) is 5.39. The van der Waals surface area contributed by atoms with Gasteiger partial charge in [-0.3, -0.25) is 4.79 Å². The summed E-state index contributed by atoms with van der Waals surface area (Å²) in [5.41, 5.74) is 3.59. The molecule has 0 N–H and O–H groups in total. The molecule has 1 heterocycles. The van der Waals surface area contributed by atoms with E-state index in [0.717, 1.165) is 14.9 Å². The number of ketones is 1. The van der Waals surface area contributed by atoms with Gasteiger partial charge in [0.15, 0.2) is 5.78 Å². The molecule has 2 aromatic rings. The van der Waals surface area contributed by atoms with Crippen molar-refractivity contribution in [2.24, 2.45) is 0 Å². The molecule has 0 aliphatic heterocycles. The Labute approximate surface area is 114 Å². The van der Waals surface area contributed by atoms with E-state index in [1.54, 1.807) is 0 Å². The van der Waals surface area contributed by atoms with Crippen LogP contribution in [0.4, 0.5) is 0 Å². The van der Waals surface area contributed by atoms with E-state index >= 15 is 0 Å². The van der Waals surface area contributed by atoms with Crippen molar-refractivity contribution in [1.82, 2.24) is 0 Å². The number of carbonyl (C=O) groups is 1. The van der Waals surface area contributed by atoms with Crippen LogP contribution in [0.25, 0.3) is 0 Å². The number of hydrogen-bond donors (Lipinski definition) is 0. The second-order valence-electron chi connectivity index (χ2n) is 4.15. The predicted octanol–water partition coefficient (Wildman–Crippen LogP) is 4.55. The van der Waals surface area contributed by atoms with Crippen LogP contribution in [0.5, 0.6) is 0 Å². The first-order valence-corrected chi connectivity index (χ1v) is 7.07. The number of hydrogen-bond acceptors (Lipinski definition) is 2. The fourth-order valence-electron chi connectivity index (χ4n) is 1.65. The molecule has 0 spiro atoms. The van der Waals surface area contributed by atoms with Gasteiger partial charge in [-0.15, -0.1) is 11.3 Å². The molecule has 0 amide bonds. The largest absolute Gasteiger partial charge is 0.293 e. The van der Waals surface area contributed by atoms with Gasteiger partial charge in [0, 0.05) is 16.3 Å². The Morgan fingerprint density at radius 3 is 2.59 bits per heavy atom. The van der Waals surface area contributed by atoms with Crippen molar-refractivity contribution in [2.45, 2.75) is 20.3 Å². The molecule has 0 atom stereocenters. The number of carbonyl (C=O) groups excluding carboxylic acids is 1. The lowest BCUT2D eigenvalue weighted by Crippen LogP contribution is -2.01. The number of Topliss-reactive ketones (excluding diaryl/α,β-unsaturated/α-hetero) is 1. The minimum atomic E-state index is 0.184. The van der Waals surface area contributed by atoms with Crippen LogP contribution in [-0.4, -0.2) is 5.78 Å². The Morgan fingerprint density at radius 1 is 1.24 bits per heavy atom. The summed E-state index contributed by atoms with van der Waals surface area (Å²) in [5.74, 6) is 0.184. The van der Waals surface area contributed by atoms with E-state index < -0.39 is 0 Å². The molecule has 0 saturated carbocycles. The molecule has 2 rings (SSSR count). The summed E-state index contributed by atoms with van der Waals surface area (Å²) >= 11 is 4.85. The van der Waals surface area contributed by atoms with Gasteiger partial charge < -0.3 is 0 Å². The fraction of sp³-hybridized carbons (Fsp3) is 0.214. The van der Waals surface area contributed by atoms with Gasteiger partial charge in [-0.2, -0.15) is 0 Å². The summed E-state index contributed by atoms with van der Waals surface area (Å²) < 4.78 is 0.978. The highest BCUT2D eigenvalue weighted by molar-refractivity contribution is 9.10. The maximum Gasteiger partial charge on any atom is 0.177 e. The predicted molar refractivity (Wildman–Crippen MR) is 76.0 cm³/mol. The van der Waals surface area contributed by atoms with Crippen LogP contribution in [0, 0.1) is 13.8 Å². The SMILES string of the molecule is Cc1ccc(CC(=O)c2cc(Br)cs2)cc1C. The lowest BCUT2D eigenvalue weighted by molar-refractivity contribution is 0.0997. The van der Waals surface area contributed by atoms with Gasteiger partial charge in [0.25, 0.3) is 0 Å². The standard InChI is InChI=1S/C14H13BrOS/c1-9-3-4-11(5-10(9)2)6-13(16)14-7-12(15)8-17-14/h3-5,7-8H,6H2,1-2H3. The zero-order valence-corrected chi connectivity index (χ0v) is 12.2. The van der Waals surface area contributed by atoms with Gasteiger partial charge in [0.05, 0.1) is 4.88 Å². The molecule has 1 nitrogen and oxygen atoms in total. The molecule has 0 fully saturated rings. The molecule has 1 aromatic carbocycles. The number of aryl methyl sites for hydroxylation is 2. The first kappa shape index (κ1) is 12.5. The van der Waals surface area contributed by atoms with Gasteiger partial charge in [-0.05, 0) is 52.5 Å². The quantitative estimate of drug-likeness (QED) is 0.760. The zero-order chi connectivity index (χ0) is 12.4. The van der Waals surface area contributed by atoms with E-state index in [1.807, 2.05) is 17.5 Å². The molecule has 1 aromatic heterocycles. The van der Waals surface area contributed by atoms with E-state index in [4.69, 9.17) is 0 Å². The summed E-state index contributed by atoms with van der Waals surface area (Å²) in [6, 6.07) is 8.08. The third-order valence-electron chi connectivity index (χ3n) is 2.78. The van der Waals surface area contributed by atoms with E-state index in [9.17, 15) is 4.79 Å². The average Bonchev–Trinajstić information content (AvgIpc) is 2.70. The molecular weight excluding hydrogens is 296 g/mol. The van der Waals surface area contributed by atoms with Crippen LogP contribution in [-0.2, 0) is 6.42 Å². The van der Waals surface area contributed by atoms with E-state index in [2.05, 4.69) is 41.9 Å². The average molecular weight is 309 g/mol. The number of halogens is 1. The summed E-state index contributed by atoms with van der Waals surface area (Å²) in [6.07, 6.45) is 0.480. The molecule has 3 heteroatoms. The second kappa shape index (κ2) is 5.15. The lowest BCUT2D eigenvalue weighted by atomic mass is 10.0. The Balaban J connectivity index is 2.15. The van der Waals surface area contributed by atoms with E-state index in [1.165, 1.54) is 22.5 Å². The molecule has 0 unspecified atom stereocenters. The van der Waals surface area contributed by atoms with Crippen LogP contribution in [0.15, 0.2) is 34.1 Å². The van der Waals surface area contributed by atoms with Crippen molar-refractivity contribution in [1.29, 1.82) is 0 Å². The highest BCUT2D eigenvalue weighted by atomic mass is 79.9. The van der Waals surface area contributed by atoms with Crippen LogP contribution >= 0.6 is 27.3 Å². The molecule has 88 valence electrons. The Morgan fingerprint density at radius 2 is 2.00 bits per heavy atom. The Bertz CT molecular complexity index is 557. The molecular formula is C14H13BrOS. The normalized spacial score (nSPS) is 10.5. The molecule has 0 radical (unpaired) electrons. The van der Waals surface area contributed by atoms with E-state index in [0.29, 0.717) is 6.42 Å². The van der Waals surface area contributed by atoms with Crippen LogP contribution in [0.1, 0.15) is 26.4 Å². The summed E-state index contributed by atoms with van der Waals surface area (Å²) in [6.45, 7) is 4.16. The summed E-state index contributed by atoms with van der Waals surface area (Å²) in [7, 11) is 0. The van der Waals surface area contributed by atoms with E-state index in [-0.39, 0.29) is 5.78 Å². The van der Waals surface area contributed by atoms with Crippen LogP contribution in [0.3, 0.4) is 0 Å². The highest BCUT2D eigenvalue weighted by Gasteiger charge is 2.09. The fourth-order valence-corrected chi connectivity index (χ4v) is 3.01. The van der Waals surface area contributed by atoms with Gasteiger partial charge in [0.2, 0.25) is 0 Å². The zero-order valence-electron chi connectivity index (χ0n) is 9.79. The van der Waals surface area contributed by atoms with Gasteiger partial charge >= 0.3 is 0 Å². The van der Waals surface area contributed by atoms with Crippen molar-refractivity contribution in [3.8, 4) is 0 Å². The molecule has 0 aliphatic carbocycles. The number of thiophene rings is 1. The molecule has 0 saturated heterocycles. The smallest absolute Gasteiger partial charge is 0.177 e. The van der Waals surface area contributed by atoms with Crippen molar-refractivity contribution in [3.63, 3.8) is 0 Å². The molecule has 17 heavy (non-hydrogen) atoms. The second-order valence-corrected chi connectivity index (χ2v) is 5.97. The highest BCUT2D eigenvalue weighted by Crippen LogP contribution is 2.21. The third kappa shape index (κ3) is 3.05. The van der Waals surface area contributed by atoms with Crippen molar-refractivity contribution in [3.05, 3.63) is 55.7 Å².